The van der Waals surface area contributed by atoms with E-state index in [0.29, 0.717) is 6.42 Å². The first-order chi connectivity index (χ1) is 11.8. The van der Waals surface area contributed by atoms with Gasteiger partial charge in [0.1, 0.15) is 0 Å². The number of carbonyl (C=O) groups excluding carboxylic acids is 1. The zero-order valence-corrected chi connectivity index (χ0v) is 15.7. The van der Waals surface area contributed by atoms with Gasteiger partial charge in [-0.05, 0) is 48.4 Å². The average molecular weight is 336 g/mol. The molecule has 0 N–H and O–H groups in total. The third-order valence-electron chi connectivity index (χ3n) is 4.68. The second-order valence-corrected chi connectivity index (χ2v) is 8.27. The van der Waals surface area contributed by atoms with Crippen LogP contribution >= 0.6 is 0 Å². The number of aromatic nitrogens is 1. The predicted molar refractivity (Wildman–Crippen MR) is 102 cm³/mol. The Labute approximate surface area is 151 Å². The number of pyridine rings is 1. The summed E-state index contributed by atoms with van der Waals surface area (Å²) in [6.07, 6.45) is 2.64. The van der Waals surface area contributed by atoms with Gasteiger partial charge in [-0.25, -0.2) is 0 Å². The van der Waals surface area contributed by atoms with Crippen LogP contribution in [-0.4, -0.2) is 22.3 Å². The van der Waals surface area contributed by atoms with E-state index >= 15 is 0 Å². The Hall–Kier alpha value is -2.16. The number of hydrogen-bond donors (Lipinski definition) is 0. The lowest BCUT2D eigenvalue weighted by Crippen LogP contribution is -2.33. The van der Waals surface area contributed by atoms with Crippen LogP contribution in [-0.2, 0) is 4.79 Å². The predicted octanol–water partition coefficient (Wildman–Crippen LogP) is 5.16. The second-order valence-electron chi connectivity index (χ2n) is 8.27. The standard InChI is InChI=1S/C22H28N2O/c1-16-13-18(17-9-6-5-7-10-17)14-19(23-16)20-11-8-12-24(20)21(25)15-22(2,3)4/h5-7,9-10,13-14,20H,8,11-12,15H2,1-4H3. The van der Waals surface area contributed by atoms with Gasteiger partial charge >= 0.3 is 0 Å². The van der Waals surface area contributed by atoms with E-state index in [4.69, 9.17) is 4.98 Å². The number of aryl methyl sites for hydroxylation is 1. The Morgan fingerprint density at radius 2 is 1.88 bits per heavy atom. The van der Waals surface area contributed by atoms with Crippen molar-refractivity contribution in [3.8, 4) is 11.1 Å². The molecule has 1 unspecified atom stereocenters. The molecule has 3 nitrogen and oxygen atoms in total. The van der Waals surface area contributed by atoms with Gasteiger partial charge < -0.3 is 4.90 Å². The quantitative estimate of drug-likeness (QED) is 0.776. The van der Waals surface area contributed by atoms with Crippen LogP contribution in [0.5, 0.6) is 0 Å². The number of rotatable bonds is 3. The van der Waals surface area contributed by atoms with Gasteiger partial charge in [-0.2, -0.15) is 0 Å². The fraction of sp³-hybridized carbons (Fsp3) is 0.455. The largest absolute Gasteiger partial charge is 0.334 e. The number of amides is 1. The van der Waals surface area contributed by atoms with Gasteiger partial charge in [0.05, 0.1) is 11.7 Å². The second kappa shape index (κ2) is 6.99. The molecule has 1 aromatic carbocycles. The molecule has 1 saturated heterocycles. The molecule has 25 heavy (non-hydrogen) atoms. The molecule has 0 bridgehead atoms. The molecule has 132 valence electrons. The van der Waals surface area contributed by atoms with Crippen LogP contribution < -0.4 is 0 Å². The summed E-state index contributed by atoms with van der Waals surface area (Å²) in [4.78, 5) is 19.6. The van der Waals surface area contributed by atoms with Crippen molar-refractivity contribution < 1.29 is 4.79 Å². The molecule has 1 amide bonds. The van der Waals surface area contributed by atoms with E-state index in [1.807, 2.05) is 17.9 Å². The van der Waals surface area contributed by atoms with Gasteiger partial charge in [-0.15, -0.1) is 0 Å². The molecule has 3 rings (SSSR count). The highest BCUT2D eigenvalue weighted by Crippen LogP contribution is 2.35. The number of hydrogen-bond acceptors (Lipinski definition) is 2. The van der Waals surface area contributed by atoms with E-state index in [9.17, 15) is 4.79 Å². The van der Waals surface area contributed by atoms with Gasteiger partial charge in [0.2, 0.25) is 5.91 Å². The Morgan fingerprint density at radius 1 is 1.16 bits per heavy atom. The van der Waals surface area contributed by atoms with E-state index in [1.165, 1.54) is 11.1 Å². The number of nitrogens with zero attached hydrogens (tertiary/aromatic N) is 2. The average Bonchev–Trinajstić information content (AvgIpc) is 3.03. The highest BCUT2D eigenvalue weighted by molar-refractivity contribution is 5.77. The van der Waals surface area contributed by atoms with E-state index in [-0.39, 0.29) is 17.4 Å². The molecule has 1 aliphatic rings. The van der Waals surface area contributed by atoms with Crippen molar-refractivity contribution in [2.24, 2.45) is 5.41 Å². The van der Waals surface area contributed by atoms with Crippen molar-refractivity contribution >= 4 is 5.91 Å². The highest BCUT2D eigenvalue weighted by atomic mass is 16.2. The summed E-state index contributed by atoms with van der Waals surface area (Å²) in [6, 6.07) is 14.8. The van der Waals surface area contributed by atoms with Crippen LogP contribution in [0.1, 0.15) is 57.5 Å². The summed E-state index contributed by atoms with van der Waals surface area (Å²) in [5, 5.41) is 0. The minimum Gasteiger partial charge on any atom is -0.334 e. The third-order valence-corrected chi connectivity index (χ3v) is 4.68. The van der Waals surface area contributed by atoms with Gasteiger partial charge in [0.25, 0.3) is 0 Å². The molecule has 2 heterocycles. The Bertz CT molecular complexity index is 746. The van der Waals surface area contributed by atoms with Crippen molar-refractivity contribution in [3.63, 3.8) is 0 Å². The molecule has 1 aliphatic heterocycles. The minimum absolute atomic E-state index is 0.0133. The smallest absolute Gasteiger partial charge is 0.223 e. The Morgan fingerprint density at radius 3 is 2.56 bits per heavy atom. The zero-order chi connectivity index (χ0) is 18.0. The normalized spacial score (nSPS) is 17.8. The van der Waals surface area contributed by atoms with Gasteiger partial charge in [-0.1, -0.05) is 51.1 Å². The van der Waals surface area contributed by atoms with Crippen molar-refractivity contribution in [3.05, 3.63) is 53.9 Å². The van der Waals surface area contributed by atoms with Gasteiger partial charge in [-0.3, -0.25) is 9.78 Å². The van der Waals surface area contributed by atoms with Crippen LogP contribution in [0.15, 0.2) is 42.5 Å². The Balaban J connectivity index is 1.90. The molecule has 0 radical (unpaired) electrons. The molecule has 0 spiro atoms. The molecule has 0 saturated carbocycles. The van der Waals surface area contributed by atoms with E-state index in [1.54, 1.807) is 0 Å². The zero-order valence-electron chi connectivity index (χ0n) is 15.7. The fourth-order valence-corrected chi connectivity index (χ4v) is 3.59. The maximum absolute atomic E-state index is 12.8. The monoisotopic (exact) mass is 336 g/mol. The summed E-state index contributed by atoms with van der Waals surface area (Å²) >= 11 is 0. The first kappa shape index (κ1) is 17.7. The SMILES string of the molecule is Cc1cc(-c2ccccc2)cc(C2CCCN2C(=O)CC(C)(C)C)n1. The maximum Gasteiger partial charge on any atom is 0.223 e. The first-order valence-electron chi connectivity index (χ1n) is 9.17. The van der Waals surface area contributed by atoms with Crippen LogP contribution in [0.25, 0.3) is 11.1 Å². The lowest BCUT2D eigenvalue weighted by Gasteiger charge is -2.28. The molecule has 1 atom stereocenters. The van der Waals surface area contributed by atoms with Crippen molar-refractivity contribution in [1.29, 1.82) is 0 Å². The van der Waals surface area contributed by atoms with E-state index < -0.39 is 0 Å². The molecule has 3 heteroatoms. The lowest BCUT2D eigenvalue weighted by molar-refractivity contribution is -0.134. The maximum atomic E-state index is 12.8. The topological polar surface area (TPSA) is 33.2 Å². The summed E-state index contributed by atoms with van der Waals surface area (Å²) in [5.74, 6) is 0.250. The van der Waals surface area contributed by atoms with Crippen LogP contribution in [0, 0.1) is 12.3 Å². The van der Waals surface area contributed by atoms with Crippen LogP contribution in [0.4, 0.5) is 0 Å². The summed E-state index contributed by atoms with van der Waals surface area (Å²) in [5.41, 5.74) is 4.42. The summed E-state index contributed by atoms with van der Waals surface area (Å²) < 4.78 is 0. The van der Waals surface area contributed by atoms with Gasteiger partial charge in [0.15, 0.2) is 0 Å². The first-order valence-corrected chi connectivity index (χ1v) is 9.17. The molecular formula is C22H28N2O. The lowest BCUT2D eigenvalue weighted by atomic mass is 9.91. The summed E-state index contributed by atoms with van der Waals surface area (Å²) in [6.45, 7) is 9.24. The molecule has 0 aliphatic carbocycles. The number of benzene rings is 1. The summed E-state index contributed by atoms with van der Waals surface area (Å²) in [7, 11) is 0. The van der Waals surface area contributed by atoms with Crippen LogP contribution in [0.3, 0.4) is 0 Å². The molecule has 1 fully saturated rings. The number of likely N-dealkylation sites (tertiary alicyclic amines) is 1. The minimum atomic E-state index is 0.0133. The van der Waals surface area contributed by atoms with Crippen molar-refractivity contribution in [2.45, 2.75) is 53.0 Å². The van der Waals surface area contributed by atoms with Crippen LogP contribution in [0.2, 0.25) is 0 Å². The Kier molecular flexibility index (Phi) is 4.94. The fourth-order valence-electron chi connectivity index (χ4n) is 3.59. The molecular weight excluding hydrogens is 308 g/mol. The van der Waals surface area contributed by atoms with Crippen molar-refractivity contribution in [2.75, 3.05) is 6.54 Å². The van der Waals surface area contributed by atoms with Crippen molar-refractivity contribution in [1.82, 2.24) is 9.88 Å². The third kappa shape index (κ3) is 4.28. The van der Waals surface area contributed by atoms with E-state index in [0.717, 1.165) is 30.8 Å². The number of carbonyl (C=O) groups is 1. The molecule has 1 aromatic heterocycles. The van der Waals surface area contributed by atoms with E-state index in [2.05, 4.69) is 57.2 Å². The highest BCUT2D eigenvalue weighted by Gasteiger charge is 2.32. The van der Waals surface area contributed by atoms with Gasteiger partial charge in [0, 0.05) is 18.7 Å². The molecule has 2 aromatic rings.